The summed E-state index contributed by atoms with van der Waals surface area (Å²) in [6.45, 7) is 1.82. The molecule has 2 aromatic carbocycles. The molecule has 3 N–H and O–H groups in total. The standard InChI is InChI=1S/C14H14BrFN2O2S/c1-9(11-4-2-3-5-13(11)16)18-14-7-6-10(8-12(14)15)21(17,19)20/h2-9,18H,1H3,(H2,17,19,20). The van der Waals surface area contributed by atoms with E-state index in [0.29, 0.717) is 15.7 Å². The highest BCUT2D eigenvalue weighted by Gasteiger charge is 2.14. The maximum Gasteiger partial charge on any atom is 0.238 e. The Morgan fingerprint density at radius 1 is 1.24 bits per heavy atom. The zero-order chi connectivity index (χ0) is 15.6. The molecule has 1 unspecified atom stereocenters. The number of hydrogen-bond donors (Lipinski definition) is 2. The lowest BCUT2D eigenvalue weighted by Crippen LogP contribution is -2.13. The fraction of sp³-hybridized carbons (Fsp3) is 0.143. The first-order valence-electron chi connectivity index (χ1n) is 6.12. The lowest BCUT2D eigenvalue weighted by atomic mass is 10.1. The van der Waals surface area contributed by atoms with Crippen LogP contribution in [0.25, 0.3) is 0 Å². The van der Waals surface area contributed by atoms with E-state index in [4.69, 9.17) is 5.14 Å². The number of rotatable bonds is 4. The van der Waals surface area contributed by atoms with Crippen LogP contribution in [0.2, 0.25) is 0 Å². The van der Waals surface area contributed by atoms with Gasteiger partial charge in [-0.25, -0.2) is 17.9 Å². The van der Waals surface area contributed by atoms with Gasteiger partial charge in [-0.2, -0.15) is 0 Å². The number of primary sulfonamides is 1. The Bertz CT molecular complexity index is 765. The largest absolute Gasteiger partial charge is 0.377 e. The molecule has 1 atom stereocenters. The Balaban J connectivity index is 2.27. The van der Waals surface area contributed by atoms with Gasteiger partial charge in [0.15, 0.2) is 0 Å². The Morgan fingerprint density at radius 2 is 1.90 bits per heavy atom. The highest BCUT2D eigenvalue weighted by Crippen LogP contribution is 2.29. The minimum Gasteiger partial charge on any atom is -0.377 e. The summed E-state index contributed by atoms with van der Waals surface area (Å²) in [7, 11) is -3.75. The molecular weight excluding hydrogens is 359 g/mol. The second kappa shape index (κ2) is 6.13. The minimum atomic E-state index is -3.75. The van der Waals surface area contributed by atoms with Crippen LogP contribution in [0, 0.1) is 5.82 Å². The molecule has 0 fully saturated rings. The highest BCUT2D eigenvalue weighted by atomic mass is 79.9. The summed E-state index contributed by atoms with van der Waals surface area (Å²) < 4.78 is 36.8. The molecule has 2 aromatic rings. The normalized spacial score (nSPS) is 13.0. The van der Waals surface area contributed by atoms with Gasteiger partial charge in [-0.05, 0) is 47.1 Å². The molecule has 4 nitrogen and oxygen atoms in total. The first-order chi connectivity index (χ1) is 9.79. The lowest BCUT2D eigenvalue weighted by Gasteiger charge is -2.17. The van der Waals surface area contributed by atoms with Gasteiger partial charge < -0.3 is 5.32 Å². The Hall–Kier alpha value is -1.44. The van der Waals surface area contributed by atoms with Crippen LogP contribution in [0.4, 0.5) is 10.1 Å². The summed E-state index contributed by atoms with van der Waals surface area (Å²) in [6, 6.07) is 10.6. The van der Waals surface area contributed by atoms with Crippen molar-refractivity contribution in [1.29, 1.82) is 0 Å². The highest BCUT2D eigenvalue weighted by molar-refractivity contribution is 9.10. The summed E-state index contributed by atoms with van der Waals surface area (Å²) in [5.41, 5.74) is 1.18. The first-order valence-corrected chi connectivity index (χ1v) is 8.46. The molecule has 0 aromatic heterocycles. The molecule has 0 aliphatic carbocycles. The molecule has 0 amide bonds. The van der Waals surface area contributed by atoms with E-state index in [2.05, 4.69) is 21.2 Å². The van der Waals surface area contributed by atoms with Crippen LogP contribution in [0.1, 0.15) is 18.5 Å². The van der Waals surface area contributed by atoms with Crippen molar-refractivity contribution in [2.75, 3.05) is 5.32 Å². The summed E-state index contributed by atoms with van der Waals surface area (Å²) >= 11 is 3.28. The van der Waals surface area contributed by atoms with E-state index in [9.17, 15) is 12.8 Å². The van der Waals surface area contributed by atoms with Crippen LogP contribution < -0.4 is 10.5 Å². The molecule has 0 saturated carbocycles. The fourth-order valence-corrected chi connectivity index (χ4v) is 3.11. The Kier molecular flexibility index (Phi) is 4.65. The predicted molar refractivity (Wildman–Crippen MR) is 84.0 cm³/mol. The fourth-order valence-electron chi connectivity index (χ4n) is 1.93. The number of nitrogens with two attached hydrogens (primary N) is 1. The number of benzene rings is 2. The van der Waals surface area contributed by atoms with E-state index in [1.54, 1.807) is 24.3 Å². The molecular formula is C14H14BrFN2O2S. The molecule has 7 heteroatoms. The molecule has 0 bridgehead atoms. The minimum absolute atomic E-state index is 0.0125. The van der Waals surface area contributed by atoms with Crippen molar-refractivity contribution in [1.82, 2.24) is 0 Å². The van der Waals surface area contributed by atoms with Gasteiger partial charge in [-0.3, -0.25) is 0 Å². The van der Waals surface area contributed by atoms with Crippen molar-refractivity contribution in [3.05, 3.63) is 58.3 Å². The summed E-state index contributed by atoms with van der Waals surface area (Å²) in [5, 5.41) is 8.19. The third-order valence-corrected chi connectivity index (χ3v) is 4.58. The van der Waals surface area contributed by atoms with Gasteiger partial charge in [-0.15, -0.1) is 0 Å². The molecule has 0 heterocycles. The van der Waals surface area contributed by atoms with Crippen molar-refractivity contribution >= 4 is 31.6 Å². The number of halogens is 2. The van der Waals surface area contributed by atoms with Crippen LogP contribution >= 0.6 is 15.9 Å². The van der Waals surface area contributed by atoms with E-state index in [-0.39, 0.29) is 16.8 Å². The van der Waals surface area contributed by atoms with Gasteiger partial charge in [0, 0.05) is 15.7 Å². The van der Waals surface area contributed by atoms with Crippen LogP contribution in [0.5, 0.6) is 0 Å². The monoisotopic (exact) mass is 372 g/mol. The first kappa shape index (κ1) is 15.9. The third-order valence-electron chi connectivity index (χ3n) is 3.01. The van der Waals surface area contributed by atoms with E-state index in [1.165, 1.54) is 18.2 Å². The Labute approximate surface area is 131 Å². The van der Waals surface area contributed by atoms with E-state index in [1.807, 2.05) is 6.92 Å². The van der Waals surface area contributed by atoms with Gasteiger partial charge in [-0.1, -0.05) is 18.2 Å². The van der Waals surface area contributed by atoms with Crippen molar-refractivity contribution in [3.63, 3.8) is 0 Å². The van der Waals surface area contributed by atoms with E-state index < -0.39 is 10.0 Å². The summed E-state index contributed by atoms with van der Waals surface area (Å²) in [6.07, 6.45) is 0. The quantitative estimate of drug-likeness (QED) is 0.863. The van der Waals surface area contributed by atoms with E-state index in [0.717, 1.165) is 0 Å². The second-order valence-electron chi connectivity index (χ2n) is 4.57. The SMILES string of the molecule is CC(Nc1ccc(S(N)(=O)=O)cc1Br)c1ccccc1F. The van der Waals surface area contributed by atoms with Crippen LogP contribution in [-0.2, 0) is 10.0 Å². The predicted octanol–water partition coefficient (Wildman–Crippen LogP) is 3.41. The van der Waals surface area contributed by atoms with Gasteiger partial charge in [0.2, 0.25) is 10.0 Å². The van der Waals surface area contributed by atoms with Crippen LogP contribution in [0.15, 0.2) is 51.8 Å². The third kappa shape index (κ3) is 3.81. The average Bonchev–Trinajstić information content (AvgIpc) is 2.40. The molecule has 21 heavy (non-hydrogen) atoms. The van der Waals surface area contributed by atoms with Gasteiger partial charge in [0.25, 0.3) is 0 Å². The summed E-state index contributed by atoms with van der Waals surface area (Å²) in [4.78, 5) is 0.0125. The number of sulfonamides is 1. The zero-order valence-corrected chi connectivity index (χ0v) is 13.6. The van der Waals surface area contributed by atoms with Gasteiger partial charge >= 0.3 is 0 Å². The molecule has 0 aliphatic heterocycles. The maximum atomic E-state index is 13.7. The molecule has 0 spiro atoms. The average molecular weight is 373 g/mol. The molecule has 2 rings (SSSR count). The zero-order valence-electron chi connectivity index (χ0n) is 11.2. The smallest absolute Gasteiger partial charge is 0.238 e. The number of hydrogen-bond acceptors (Lipinski definition) is 3. The van der Waals surface area contributed by atoms with Crippen LogP contribution in [-0.4, -0.2) is 8.42 Å². The van der Waals surface area contributed by atoms with Crippen molar-refractivity contribution < 1.29 is 12.8 Å². The van der Waals surface area contributed by atoms with Crippen molar-refractivity contribution in [2.45, 2.75) is 17.9 Å². The second-order valence-corrected chi connectivity index (χ2v) is 6.99. The van der Waals surface area contributed by atoms with Crippen molar-refractivity contribution in [2.24, 2.45) is 5.14 Å². The lowest BCUT2D eigenvalue weighted by molar-refractivity contribution is 0.598. The van der Waals surface area contributed by atoms with E-state index >= 15 is 0 Å². The van der Waals surface area contributed by atoms with Crippen LogP contribution in [0.3, 0.4) is 0 Å². The topological polar surface area (TPSA) is 72.2 Å². The van der Waals surface area contributed by atoms with Gasteiger partial charge in [0.05, 0.1) is 10.9 Å². The molecule has 112 valence electrons. The summed E-state index contributed by atoms with van der Waals surface area (Å²) in [5.74, 6) is -0.297. The molecule has 0 saturated heterocycles. The molecule has 0 radical (unpaired) electrons. The Morgan fingerprint density at radius 3 is 2.48 bits per heavy atom. The maximum absolute atomic E-state index is 13.7. The number of anilines is 1. The van der Waals surface area contributed by atoms with Gasteiger partial charge in [0.1, 0.15) is 5.82 Å². The molecule has 0 aliphatic rings. The number of nitrogens with one attached hydrogen (secondary N) is 1. The van der Waals surface area contributed by atoms with Crippen molar-refractivity contribution in [3.8, 4) is 0 Å².